The Balaban J connectivity index is 0.00000176. The van der Waals surface area contributed by atoms with Crippen molar-refractivity contribution in [1.82, 2.24) is 20.4 Å². The standard InChI is InChI=1S/C15H20N4O2.ClH/c1-11-9-16-7-8-19(11)10-14-17-15(18-21-14)12-3-5-13(20-2)6-4-12;/h3-6,11,16H,7-10H2,1-2H3;1H. The third-order valence-corrected chi connectivity index (χ3v) is 3.79. The molecule has 120 valence electrons. The van der Waals surface area contributed by atoms with Crippen molar-refractivity contribution < 1.29 is 9.26 Å². The SMILES string of the molecule is COc1ccc(-c2noc(CN3CCNCC3C)n2)cc1.Cl. The molecule has 2 aromatic rings. The minimum Gasteiger partial charge on any atom is -0.497 e. The van der Waals surface area contributed by atoms with E-state index in [0.29, 0.717) is 24.3 Å². The van der Waals surface area contributed by atoms with E-state index < -0.39 is 0 Å². The lowest BCUT2D eigenvalue weighted by Gasteiger charge is -2.32. The van der Waals surface area contributed by atoms with Crippen LogP contribution >= 0.6 is 12.4 Å². The van der Waals surface area contributed by atoms with Crippen molar-refractivity contribution in [3.63, 3.8) is 0 Å². The van der Waals surface area contributed by atoms with Crippen LogP contribution in [0.4, 0.5) is 0 Å². The molecule has 1 aliphatic rings. The molecule has 0 bridgehead atoms. The average Bonchev–Trinajstić information content (AvgIpc) is 2.98. The van der Waals surface area contributed by atoms with Gasteiger partial charge in [-0.05, 0) is 31.2 Å². The molecular formula is C15H21ClN4O2. The predicted molar refractivity (Wildman–Crippen MR) is 86.3 cm³/mol. The van der Waals surface area contributed by atoms with Crippen molar-refractivity contribution in [2.24, 2.45) is 0 Å². The van der Waals surface area contributed by atoms with Gasteiger partial charge in [0.25, 0.3) is 0 Å². The van der Waals surface area contributed by atoms with Gasteiger partial charge >= 0.3 is 0 Å². The van der Waals surface area contributed by atoms with Crippen molar-refractivity contribution >= 4 is 12.4 Å². The number of nitrogens with one attached hydrogen (secondary N) is 1. The molecule has 1 atom stereocenters. The van der Waals surface area contributed by atoms with Gasteiger partial charge in [0.1, 0.15) is 5.75 Å². The lowest BCUT2D eigenvalue weighted by Crippen LogP contribution is -2.49. The van der Waals surface area contributed by atoms with Gasteiger partial charge in [0, 0.05) is 31.2 Å². The Morgan fingerprint density at radius 3 is 2.82 bits per heavy atom. The van der Waals surface area contributed by atoms with E-state index in [-0.39, 0.29) is 12.4 Å². The summed E-state index contributed by atoms with van der Waals surface area (Å²) >= 11 is 0. The van der Waals surface area contributed by atoms with Gasteiger partial charge in [-0.3, -0.25) is 4.90 Å². The van der Waals surface area contributed by atoms with Gasteiger partial charge in [0.15, 0.2) is 0 Å². The van der Waals surface area contributed by atoms with Crippen LogP contribution in [0.1, 0.15) is 12.8 Å². The van der Waals surface area contributed by atoms with E-state index >= 15 is 0 Å². The number of halogens is 1. The number of benzene rings is 1. The maximum atomic E-state index is 5.37. The van der Waals surface area contributed by atoms with E-state index in [1.807, 2.05) is 24.3 Å². The van der Waals surface area contributed by atoms with Crippen molar-refractivity contribution in [2.45, 2.75) is 19.5 Å². The normalized spacial score (nSPS) is 18.7. The van der Waals surface area contributed by atoms with E-state index in [2.05, 4.69) is 27.3 Å². The second-order valence-corrected chi connectivity index (χ2v) is 5.26. The highest BCUT2D eigenvalue weighted by Crippen LogP contribution is 2.20. The fourth-order valence-electron chi connectivity index (χ4n) is 2.47. The zero-order valence-electron chi connectivity index (χ0n) is 12.8. The molecule has 1 aromatic heterocycles. The zero-order chi connectivity index (χ0) is 14.7. The van der Waals surface area contributed by atoms with Gasteiger partial charge in [0.2, 0.25) is 11.7 Å². The molecule has 22 heavy (non-hydrogen) atoms. The van der Waals surface area contributed by atoms with E-state index in [4.69, 9.17) is 9.26 Å². The Bertz CT molecular complexity index is 587. The number of aromatic nitrogens is 2. The summed E-state index contributed by atoms with van der Waals surface area (Å²) in [5, 5.41) is 7.44. The van der Waals surface area contributed by atoms with Gasteiger partial charge in [0.05, 0.1) is 13.7 Å². The van der Waals surface area contributed by atoms with Crippen molar-refractivity contribution in [2.75, 3.05) is 26.7 Å². The van der Waals surface area contributed by atoms with Crippen LogP contribution in [0.15, 0.2) is 28.8 Å². The van der Waals surface area contributed by atoms with E-state index in [1.54, 1.807) is 7.11 Å². The number of methoxy groups -OCH3 is 1. The predicted octanol–water partition coefficient (Wildman–Crippen LogP) is 1.96. The Labute approximate surface area is 136 Å². The summed E-state index contributed by atoms with van der Waals surface area (Å²) in [5.41, 5.74) is 0.930. The molecule has 1 fully saturated rings. The Hall–Kier alpha value is -1.63. The topological polar surface area (TPSA) is 63.4 Å². The van der Waals surface area contributed by atoms with Crippen LogP contribution in [0.3, 0.4) is 0 Å². The highest BCUT2D eigenvalue weighted by atomic mass is 35.5. The molecule has 1 aliphatic heterocycles. The van der Waals surface area contributed by atoms with Crippen LogP contribution in [-0.4, -0.2) is 47.8 Å². The van der Waals surface area contributed by atoms with Crippen LogP contribution in [0.25, 0.3) is 11.4 Å². The second-order valence-electron chi connectivity index (χ2n) is 5.26. The number of piperazine rings is 1. The summed E-state index contributed by atoms with van der Waals surface area (Å²) < 4.78 is 10.5. The van der Waals surface area contributed by atoms with Gasteiger partial charge in [-0.15, -0.1) is 12.4 Å². The summed E-state index contributed by atoms with van der Waals surface area (Å²) in [5.74, 6) is 2.10. The van der Waals surface area contributed by atoms with Crippen molar-refractivity contribution in [3.05, 3.63) is 30.2 Å². The molecule has 7 heteroatoms. The van der Waals surface area contributed by atoms with Crippen LogP contribution < -0.4 is 10.1 Å². The number of rotatable bonds is 4. The summed E-state index contributed by atoms with van der Waals surface area (Å²) in [4.78, 5) is 6.83. The average molecular weight is 325 g/mol. The minimum atomic E-state index is 0. The minimum absolute atomic E-state index is 0. The van der Waals surface area contributed by atoms with Gasteiger partial charge < -0.3 is 14.6 Å². The molecule has 3 rings (SSSR count). The highest BCUT2D eigenvalue weighted by Gasteiger charge is 2.20. The van der Waals surface area contributed by atoms with Crippen LogP contribution in [0, 0.1) is 0 Å². The molecule has 1 N–H and O–H groups in total. The molecule has 0 saturated carbocycles. The number of hydrogen-bond acceptors (Lipinski definition) is 6. The van der Waals surface area contributed by atoms with E-state index in [9.17, 15) is 0 Å². The number of ether oxygens (including phenoxy) is 1. The third-order valence-electron chi connectivity index (χ3n) is 3.79. The maximum absolute atomic E-state index is 5.37. The Morgan fingerprint density at radius 2 is 2.14 bits per heavy atom. The molecule has 1 saturated heterocycles. The van der Waals surface area contributed by atoms with Crippen molar-refractivity contribution in [1.29, 1.82) is 0 Å². The Kier molecular flexibility index (Phi) is 5.76. The molecule has 0 aliphatic carbocycles. The molecule has 2 heterocycles. The molecule has 6 nitrogen and oxygen atoms in total. The van der Waals surface area contributed by atoms with Gasteiger partial charge in [-0.1, -0.05) is 5.16 Å². The molecule has 1 unspecified atom stereocenters. The van der Waals surface area contributed by atoms with Crippen LogP contribution in [0.5, 0.6) is 5.75 Å². The number of hydrogen-bond donors (Lipinski definition) is 1. The monoisotopic (exact) mass is 324 g/mol. The quantitative estimate of drug-likeness (QED) is 0.927. The van der Waals surface area contributed by atoms with E-state index in [0.717, 1.165) is 30.9 Å². The molecule has 0 spiro atoms. The summed E-state index contributed by atoms with van der Waals surface area (Å²) in [7, 11) is 1.65. The molecular weight excluding hydrogens is 304 g/mol. The van der Waals surface area contributed by atoms with Crippen LogP contribution in [-0.2, 0) is 6.54 Å². The van der Waals surface area contributed by atoms with Crippen LogP contribution in [0.2, 0.25) is 0 Å². The van der Waals surface area contributed by atoms with Crippen molar-refractivity contribution in [3.8, 4) is 17.1 Å². The second kappa shape index (κ2) is 7.58. The first-order chi connectivity index (χ1) is 10.3. The summed E-state index contributed by atoms with van der Waals surface area (Å²) in [6.45, 7) is 5.91. The lowest BCUT2D eigenvalue weighted by molar-refractivity contribution is 0.146. The third kappa shape index (κ3) is 3.76. The summed E-state index contributed by atoms with van der Waals surface area (Å²) in [6.07, 6.45) is 0. The van der Waals surface area contributed by atoms with E-state index in [1.165, 1.54) is 0 Å². The smallest absolute Gasteiger partial charge is 0.241 e. The fourth-order valence-corrected chi connectivity index (χ4v) is 2.47. The Morgan fingerprint density at radius 1 is 1.36 bits per heavy atom. The van der Waals surface area contributed by atoms with Gasteiger partial charge in [-0.2, -0.15) is 4.98 Å². The lowest BCUT2D eigenvalue weighted by atomic mass is 10.2. The maximum Gasteiger partial charge on any atom is 0.241 e. The molecule has 0 radical (unpaired) electrons. The van der Waals surface area contributed by atoms with Gasteiger partial charge in [-0.25, -0.2) is 0 Å². The summed E-state index contributed by atoms with van der Waals surface area (Å²) in [6, 6.07) is 8.13. The largest absolute Gasteiger partial charge is 0.497 e. The zero-order valence-corrected chi connectivity index (χ0v) is 13.6. The highest BCUT2D eigenvalue weighted by molar-refractivity contribution is 5.85. The fraction of sp³-hybridized carbons (Fsp3) is 0.467. The number of nitrogens with zero attached hydrogens (tertiary/aromatic N) is 3. The molecule has 0 amide bonds. The first-order valence-electron chi connectivity index (χ1n) is 7.18. The molecule has 1 aromatic carbocycles. The first kappa shape index (κ1) is 16.7. The first-order valence-corrected chi connectivity index (χ1v) is 7.18.